The van der Waals surface area contributed by atoms with Crippen molar-refractivity contribution in [3.63, 3.8) is 0 Å². The van der Waals surface area contributed by atoms with Crippen molar-refractivity contribution in [2.75, 3.05) is 26.2 Å². The molecule has 2 aromatic heterocycles. The van der Waals surface area contributed by atoms with Gasteiger partial charge in [0.1, 0.15) is 0 Å². The molecule has 0 amide bonds. The van der Waals surface area contributed by atoms with E-state index in [1.165, 1.54) is 4.88 Å². The van der Waals surface area contributed by atoms with Gasteiger partial charge < -0.3 is 4.42 Å². The fourth-order valence-corrected chi connectivity index (χ4v) is 4.10. The molecule has 0 saturated carbocycles. The molecule has 3 aromatic rings. The number of thiophene rings is 1. The van der Waals surface area contributed by atoms with Gasteiger partial charge in [0.2, 0.25) is 11.8 Å². The van der Waals surface area contributed by atoms with Gasteiger partial charge in [-0.2, -0.15) is 0 Å². The number of hydrogen-bond donors (Lipinski definition) is 0. The van der Waals surface area contributed by atoms with E-state index in [2.05, 4.69) is 26.1 Å². The molecule has 0 spiro atoms. The summed E-state index contributed by atoms with van der Waals surface area (Å²) < 4.78 is 6.67. The number of nitrogens with zero attached hydrogens (tertiary/aromatic N) is 4. The second-order valence-corrected chi connectivity index (χ2v) is 7.92. The van der Waals surface area contributed by atoms with Crippen LogP contribution in [0, 0.1) is 0 Å². The summed E-state index contributed by atoms with van der Waals surface area (Å²) in [5.74, 6) is 1.26. The lowest BCUT2D eigenvalue weighted by Gasteiger charge is -2.33. The fourth-order valence-electron chi connectivity index (χ4n) is 2.97. The summed E-state index contributed by atoms with van der Waals surface area (Å²) >= 11 is 7.67. The fraction of sp³-hybridized carbons (Fsp3) is 0.333. The molecule has 7 heteroatoms. The highest BCUT2D eigenvalue weighted by Gasteiger charge is 2.19. The first-order valence-corrected chi connectivity index (χ1v) is 9.52. The molecule has 1 aliphatic heterocycles. The smallest absolute Gasteiger partial charge is 0.247 e. The summed E-state index contributed by atoms with van der Waals surface area (Å²) in [7, 11) is 0. The normalized spacial score (nSPS) is 16.4. The summed E-state index contributed by atoms with van der Waals surface area (Å²) in [6.45, 7) is 5.76. The van der Waals surface area contributed by atoms with E-state index >= 15 is 0 Å². The first kappa shape index (κ1) is 16.7. The van der Waals surface area contributed by atoms with Crippen LogP contribution < -0.4 is 0 Å². The Morgan fingerprint density at radius 2 is 1.64 bits per heavy atom. The topological polar surface area (TPSA) is 45.4 Å². The van der Waals surface area contributed by atoms with Crippen LogP contribution in [0.3, 0.4) is 0 Å². The van der Waals surface area contributed by atoms with E-state index < -0.39 is 0 Å². The van der Waals surface area contributed by atoms with Crippen LogP contribution >= 0.6 is 22.9 Å². The number of rotatable bonds is 5. The SMILES string of the molecule is Clc1ccc(CN2CCN(Cc3nnc(-c4ccccc4)o3)CC2)s1. The van der Waals surface area contributed by atoms with Crippen molar-refractivity contribution in [2.45, 2.75) is 13.1 Å². The number of hydrogen-bond acceptors (Lipinski definition) is 6. The molecular formula is C18H19ClN4OS. The highest BCUT2D eigenvalue weighted by Crippen LogP contribution is 2.23. The third-order valence-electron chi connectivity index (χ3n) is 4.32. The van der Waals surface area contributed by atoms with Gasteiger partial charge in [-0.15, -0.1) is 21.5 Å². The van der Waals surface area contributed by atoms with Crippen molar-refractivity contribution in [3.05, 3.63) is 57.6 Å². The van der Waals surface area contributed by atoms with E-state index in [1.54, 1.807) is 11.3 Å². The molecule has 0 unspecified atom stereocenters. The average Bonchev–Trinajstić information content (AvgIpc) is 3.27. The van der Waals surface area contributed by atoms with Crippen molar-refractivity contribution >= 4 is 22.9 Å². The Morgan fingerprint density at radius 1 is 0.920 bits per heavy atom. The van der Waals surface area contributed by atoms with Gasteiger partial charge in [0.25, 0.3) is 0 Å². The van der Waals surface area contributed by atoms with Crippen LogP contribution in [0.25, 0.3) is 11.5 Å². The van der Waals surface area contributed by atoms with Crippen LogP contribution in [0.5, 0.6) is 0 Å². The zero-order chi connectivity index (χ0) is 17.1. The molecule has 0 atom stereocenters. The van der Waals surface area contributed by atoms with Crippen molar-refractivity contribution in [1.29, 1.82) is 0 Å². The van der Waals surface area contributed by atoms with Gasteiger partial charge in [0.05, 0.1) is 10.9 Å². The summed E-state index contributed by atoms with van der Waals surface area (Å²) in [5, 5.41) is 8.35. The van der Waals surface area contributed by atoms with Crippen LogP contribution in [0.15, 0.2) is 46.9 Å². The van der Waals surface area contributed by atoms with E-state index in [-0.39, 0.29) is 0 Å². The highest BCUT2D eigenvalue weighted by molar-refractivity contribution is 7.16. The van der Waals surface area contributed by atoms with Crippen LogP contribution in [0.2, 0.25) is 4.34 Å². The van der Waals surface area contributed by atoms with Gasteiger partial charge in [0, 0.05) is 43.2 Å². The molecule has 4 rings (SSSR count). The molecule has 0 radical (unpaired) electrons. The van der Waals surface area contributed by atoms with Crippen LogP contribution in [-0.2, 0) is 13.1 Å². The van der Waals surface area contributed by atoms with Gasteiger partial charge in [-0.05, 0) is 24.3 Å². The molecule has 5 nitrogen and oxygen atoms in total. The minimum absolute atomic E-state index is 0.587. The molecule has 1 aliphatic rings. The van der Waals surface area contributed by atoms with E-state index in [4.69, 9.17) is 16.0 Å². The predicted octanol–water partition coefficient (Wildman–Crippen LogP) is 3.77. The van der Waals surface area contributed by atoms with Crippen LogP contribution in [0.1, 0.15) is 10.8 Å². The number of benzene rings is 1. The molecule has 130 valence electrons. The molecule has 3 heterocycles. The molecule has 0 bridgehead atoms. The zero-order valence-electron chi connectivity index (χ0n) is 13.8. The monoisotopic (exact) mass is 374 g/mol. The lowest BCUT2D eigenvalue weighted by molar-refractivity contribution is 0.115. The second-order valence-electron chi connectivity index (χ2n) is 6.13. The first-order valence-electron chi connectivity index (χ1n) is 8.33. The Balaban J connectivity index is 1.29. The van der Waals surface area contributed by atoms with E-state index in [0.29, 0.717) is 18.3 Å². The third-order valence-corrected chi connectivity index (χ3v) is 5.54. The maximum atomic E-state index is 6.01. The zero-order valence-corrected chi connectivity index (χ0v) is 15.3. The van der Waals surface area contributed by atoms with Crippen molar-refractivity contribution in [3.8, 4) is 11.5 Å². The number of halogens is 1. The Kier molecular flexibility index (Phi) is 5.12. The Labute approximate surface area is 155 Å². The number of piperazine rings is 1. The minimum Gasteiger partial charge on any atom is -0.419 e. The van der Waals surface area contributed by atoms with Crippen molar-refractivity contribution < 1.29 is 4.42 Å². The first-order chi connectivity index (χ1) is 12.3. The van der Waals surface area contributed by atoms with E-state index in [1.807, 2.05) is 36.4 Å². The van der Waals surface area contributed by atoms with E-state index in [0.717, 1.165) is 42.6 Å². The quantitative estimate of drug-likeness (QED) is 0.680. The van der Waals surface area contributed by atoms with Crippen molar-refractivity contribution in [2.24, 2.45) is 0 Å². The lowest BCUT2D eigenvalue weighted by Crippen LogP contribution is -2.45. The maximum Gasteiger partial charge on any atom is 0.247 e. The predicted molar refractivity (Wildman–Crippen MR) is 99.6 cm³/mol. The minimum atomic E-state index is 0.587. The number of aromatic nitrogens is 2. The maximum absolute atomic E-state index is 6.01. The standard InChI is InChI=1S/C18H19ClN4OS/c19-16-7-6-15(25-16)12-22-8-10-23(11-9-22)13-17-20-21-18(24-17)14-4-2-1-3-5-14/h1-7H,8-13H2. The van der Waals surface area contributed by atoms with Gasteiger partial charge in [0.15, 0.2) is 0 Å². The van der Waals surface area contributed by atoms with Gasteiger partial charge in [-0.25, -0.2) is 0 Å². The molecular weight excluding hydrogens is 356 g/mol. The van der Waals surface area contributed by atoms with Gasteiger partial charge in [-0.1, -0.05) is 29.8 Å². The molecule has 0 N–H and O–H groups in total. The van der Waals surface area contributed by atoms with Crippen LogP contribution in [0.4, 0.5) is 0 Å². The molecule has 0 aliphatic carbocycles. The average molecular weight is 375 g/mol. The Hall–Kier alpha value is -1.73. The summed E-state index contributed by atoms with van der Waals surface area (Å²) in [4.78, 5) is 6.14. The van der Waals surface area contributed by atoms with Crippen LogP contribution in [-0.4, -0.2) is 46.2 Å². The summed E-state index contributed by atoms with van der Waals surface area (Å²) in [5.41, 5.74) is 0.959. The van der Waals surface area contributed by atoms with Gasteiger partial charge in [-0.3, -0.25) is 9.80 Å². The third kappa shape index (κ3) is 4.27. The Morgan fingerprint density at radius 3 is 2.32 bits per heavy atom. The summed E-state index contributed by atoms with van der Waals surface area (Å²) in [6, 6.07) is 14.0. The Bertz CT molecular complexity index is 811. The summed E-state index contributed by atoms with van der Waals surface area (Å²) in [6.07, 6.45) is 0. The molecule has 25 heavy (non-hydrogen) atoms. The van der Waals surface area contributed by atoms with E-state index in [9.17, 15) is 0 Å². The second kappa shape index (κ2) is 7.66. The molecule has 1 aromatic carbocycles. The van der Waals surface area contributed by atoms with Gasteiger partial charge >= 0.3 is 0 Å². The van der Waals surface area contributed by atoms with Crippen molar-refractivity contribution in [1.82, 2.24) is 20.0 Å². The lowest BCUT2D eigenvalue weighted by atomic mass is 10.2. The molecule has 1 saturated heterocycles. The largest absolute Gasteiger partial charge is 0.419 e. The highest BCUT2D eigenvalue weighted by atomic mass is 35.5. The molecule has 1 fully saturated rings.